The molecule has 1 aromatic heterocycles. The first kappa shape index (κ1) is 21.2. The van der Waals surface area contributed by atoms with Gasteiger partial charge in [-0.2, -0.15) is 0 Å². The van der Waals surface area contributed by atoms with Gasteiger partial charge in [0.25, 0.3) is 5.91 Å². The Kier molecular flexibility index (Phi) is 5.39. The number of primary amides is 1. The van der Waals surface area contributed by atoms with Crippen LogP contribution in [0.25, 0.3) is 11.1 Å². The number of benzene rings is 2. The number of nitrogens with zero attached hydrogens (tertiary/aromatic N) is 2. The fourth-order valence-electron chi connectivity index (χ4n) is 4.43. The van der Waals surface area contributed by atoms with Gasteiger partial charge in [-0.15, -0.1) is 0 Å². The third-order valence-electron chi connectivity index (χ3n) is 5.83. The summed E-state index contributed by atoms with van der Waals surface area (Å²) < 4.78 is 25.6. The molecule has 0 unspecified atom stereocenters. The minimum atomic E-state index is -3.17. The Bertz CT molecular complexity index is 1260. The zero-order chi connectivity index (χ0) is 22.3. The minimum Gasteiger partial charge on any atom is -0.364 e. The van der Waals surface area contributed by atoms with Crippen LogP contribution in [-0.4, -0.2) is 31.7 Å². The molecule has 1 aliphatic heterocycles. The predicted octanol–water partition coefficient (Wildman–Crippen LogP) is 3.59. The van der Waals surface area contributed by atoms with E-state index in [9.17, 15) is 13.2 Å². The molecular formula is C24H27N3O3S. The topological polar surface area (TPSA) is 85.4 Å². The lowest BCUT2D eigenvalue weighted by Crippen LogP contribution is -2.21. The van der Waals surface area contributed by atoms with E-state index in [0.717, 1.165) is 40.0 Å². The van der Waals surface area contributed by atoms with Crippen LogP contribution >= 0.6 is 0 Å². The second-order valence-corrected chi connectivity index (χ2v) is 10.3. The Morgan fingerprint density at radius 1 is 1.06 bits per heavy atom. The first-order valence-electron chi connectivity index (χ1n) is 10.3. The minimum absolute atomic E-state index is 0.0314. The lowest BCUT2D eigenvalue weighted by Gasteiger charge is -2.26. The summed E-state index contributed by atoms with van der Waals surface area (Å²) in [5.74, 6) is -0.491. The molecule has 31 heavy (non-hydrogen) atoms. The van der Waals surface area contributed by atoms with Gasteiger partial charge in [-0.05, 0) is 53.8 Å². The van der Waals surface area contributed by atoms with Crippen molar-refractivity contribution in [2.75, 3.05) is 17.7 Å². The van der Waals surface area contributed by atoms with Crippen LogP contribution in [0.5, 0.6) is 0 Å². The molecule has 1 amide bonds. The molecule has 7 heteroatoms. The molecular weight excluding hydrogens is 410 g/mol. The highest BCUT2D eigenvalue weighted by Crippen LogP contribution is 2.42. The number of aryl methyl sites for hydroxylation is 2. The fourth-order valence-corrected chi connectivity index (χ4v) is 5.22. The Labute approximate surface area is 183 Å². The Balaban J connectivity index is 1.91. The molecule has 1 aliphatic rings. The number of anilines is 2. The molecule has 2 N–H and O–H groups in total. The standard InChI is InChI=1S/C24H27N3O3S/c1-4-16-5-8-18(9-6-16)27-12-11-19-21(14-26(2)23(19)24(25)28)20-13-17(7-10-22(20)27)15-31(3,29)30/h5-10,13-14H,4,11-12,15H2,1-3H3,(H2,25,28). The lowest BCUT2D eigenvalue weighted by atomic mass is 9.99. The number of hydrogen-bond donors (Lipinski definition) is 1. The fraction of sp³-hybridized carbons (Fsp3) is 0.292. The molecule has 0 spiro atoms. The second kappa shape index (κ2) is 7.89. The zero-order valence-electron chi connectivity index (χ0n) is 18.1. The average Bonchev–Trinajstić information content (AvgIpc) is 2.96. The van der Waals surface area contributed by atoms with E-state index in [1.54, 1.807) is 4.57 Å². The van der Waals surface area contributed by atoms with E-state index < -0.39 is 15.7 Å². The molecule has 0 saturated heterocycles. The molecule has 162 valence electrons. The Hall–Kier alpha value is -3.06. The van der Waals surface area contributed by atoms with E-state index in [2.05, 4.69) is 36.1 Å². The van der Waals surface area contributed by atoms with Crippen LogP contribution in [0, 0.1) is 0 Å². The van der Waals surface area contributed by atoms with E-state index in [1.807, 2.05) is 31.4 Å². The van der Waals surface area contributed by atoms with Crippen molar-refractivity contribution in [3.05, 3.63) is 71.0 Å². The predicted molar refractivity (Wildman–Crippen MR) is 124 cm³/mol. The summed E-state index contributed by atoms with van der Waals surface area (Å²) in [5.41, 5.74) is 13.0. The summed E-state index contributed by atoms with van der Waals surface area (Å²) in [5, 5.41) is 0. The van der Waals surface area contributed by atoms with E-state index in [0.29, 0.717) is 18.7 Å². The van der Waals surface area contributed by atoms with Crippen LogP contribution in [0.15, 0.2) is 48.7 Å². The third-order valence-corrected chi connectivity index (χ3v) is 6.69. The quantitative estimate of drug-likeness (QED) is 0.661. The highest BCUT2D eigenvalue weighted by Gasteiger charge is 2.27. The number of nitrogens with two attached hydrogens (primary N) is 1. The van der Waals surface area contributed by atoms with E-state index in [1.165, 1.54) is 11.8 Å². The number of sulfone groups is 1. The van der Waals surface area contributed by atoms with Gasteiger partial charge in [0.05, 0.1) is 5.75 Å². The van der Waals surface area contributed by atoms with Crippen molar-refractivity contribution in [1.29, 1.82) is 0 Å². The van der Waals surface area contributed by atoms with Crippen LogP contribution in [0.2, 0.25) is 0 Å². The van der Waals surface area contributed by atoms with E-state index in [-0.39, 0.29) is 5.75 Å². The molecule has 0 atom stereocenters. The van der Waals surface area contributed by atoms with Gasteiger partial charge in [0, 0.05) is 48.5 Å². The summed E-state index contributed by atoms with van der Waals surface area (Å²) >= 11 is 0. The molecule has 0 bridgehead atoms. The van der Waals surface area contributed by atoms with Crippen molar-refractivity contribution in [3.8, 4) is 11.1 Å². The maximum absolute atomic E-state index is 12.2. The first-order valence-corrected chi connectivity index (χ1v) is 12.4. The summed E-state index contributed by atoms with van der Waals surface area (Å²) in [4.78, 5) is 14.4. The van der Waals surface area contributed by atoms with E-state index in [4.69, 9.17) is 5.73 Å². The molecule has 6 nitrogen and oxygen atoms in total. The first-order chi connectivity index (χ1) is 14.7. The highest BCUT2D eigenvalue weighted by atomic mass is 32.2. The summed E-state index contributed by atoms with van der Waals surface area (Å²) in [6.07, 6.45) is 4.78. The second-order valence-electron chi connectivity index (χ2n) is 8.19. The third kappa shape index (κ3) is 4.10. The molecule has 0 aliphatic carbocycles. The number of carbonyl (C=O) groups excluding carboxylic acids is 1. The van der Waals surface area contributed by atoms with Gasteiger partial charge in [0.2, 0.25) is 0 Å². The number of amides is 1. The van der Waals surface area contributed by atoms with Gasteiger partial charge in [-0.25, -0.2) is 8.42 Å². The SMILES string of the molecule is CCc1ccc(N2CCc3c(cn(C)c3C(N)=O)-c3cc(CS(C)(=O)=O)ccc32)cc1. The molecule has 0 radical (unpaired) electrons. The Morgan fingerprint density at radius 3 is 2.35 bits per heavy atom. The number of fused-ring (bicyclic) bond motifs is 3. The van der Waals surface area contributed by atoms with Gasteiger partial charge in [-0.1, -0.05) is 25.1 Å². The van der Waals surface area contributed by atoms with Crippen molar-refractivity contribution in [3.63, 3.8) is 0 Å². The number of aromatic nitrogens is 1. The zero-order valence-corrected chi connectivity index (χ0v) is 18.9. The van der Waals surface area contributed by atoms with Crippen LogP contribution in [0.1, 0.15) is 34.1 Å². The normalized spacial score (nSPS) is 13.5. The maximum atomic E-state index is 12.2. The van der Waals surface area contributed by atoms with Crippen molar-refractivity contribution < 1.29 is 13.2 Å². The van der Waals surface area contributed by atoms with Gasteiger partial charge in [0.15, 0.2) is 9.84 Å². The van der Waals surface area contributed by atoms with Gasteiger partial charge >= 0.3 is 0 Å². The van der Waals surface area contributed by atoms with Crippen molar-refractivity contribution in [2.45, 2.75) is 25.5 Å². The lowest BCUT2D eigenvalue weighted by molar-refractivity contribution is 0.0991. The van der Waals surface area contributed by atoms with Crippen LogP contribution in [-0.2, 0) is 35.5 Å². The van der Waals surface area contributed by atoms with Gasteiger partial charge < -0.3 is 15.2 Å². The average molecular weight is 438 g/mol. The summed E-state index contributed by atoms with van der Waals surface area (Å²) in [6.45, 7) is 2.81. The van der Waals surface area contributed by atoms with Crippen molar-refractivity contribution in [2.24, 2.45) is 12.8 Å². The van der Waals surface area contributed by atoms with E-state index >= 15 is 0 Å². The molecule has 3 aromatic rings. The van der Waals surface area contributed by atoms with Gasteiger partial charge in [0.1, 0.15) is 5.69 Å². The monoisotopic (exact) mass is 437 g/mol. The smallest absolute Gasteiger partial charge is 0.265 e. The molecule has 4 rings (SSSR count). The number of rotatable bonds is 5. The van der Waals surface area contributed by atoms with Crippen molar-refractivity contribution in [1.82, 2.24) is 4.57 Å². The van der Waals surface area contributed by atoms with Crippen LogP contribution < -0.4 is 10.6 Å². The molecule has 2 heterocycles. The van der Waals surface area contributed by atoms with Crippen molar-refractivity contribution >= 4 is 27.1 Å². The van der Waals surface area contributed by atoms with Crippen LogP contribution in [0.3, 0.4) is 0 Å². The number of hydrogen-bond acceptors (Lipinski definition) is 4. The van der Waals surface area contributed by atoms with Crippen LogP contribution in [0.4, 0.5) is 11.4 Å². The maximum Gasteiger partial charge on any atom is 0.265 e. The molecule has 0 fully saturated rings. The molecule has 2 aromatic carbocycles. The summed E-state index contributed by atoms with van der Waals surface area (Å²) in [6, 6.07) is 14.3. The highest BCUT2D eigenvalue weighted by molar-refractivity contribution is 7.89. The molecule has 0 saturated carbocycles. The largest absolute Gasteiger partial charge is 0.364 e. The summed E-state index contributed by atoms with van der Waals surface area (Å²) in [7, 11) is -1.36. The van der Waals surface area contributed by atoms with Gasteiger partial charge in [-0.3, -0.25) is 4.79 Å². The number of carbonyl (C=O) groups is 1. The Morgan fingerprint density at radius 2 is 1.74 bits per heavy atom.